The largest absolute Gasteiger partial charge is 0.506 e. The van der Waals surface area contributed by atoms with Gasteiger partial charge < -0.3 is 9.67 Å². The number of nitrogens with one attached hydrogen (secondary N) is 1. The first-order valence-electron chi connectivity index (χ1n) is 7.77. The summed E-state index contributed by atoms with van der Waals surface area (Å²) < 4.78 is 1.53. The number of aromatic hydroxyl groups is 1. The second-order valence-electron chi connectivity index (χ2n) is 5.72. The topological polar surface area (TPSA) is 96.6 Å². The molecule has 1 aromatic carbocycles. The van der Waals surface area contributed by atoms with Gasteiger partial charge in [-0.3, -0.25) is 14.6 Å². The predicted octanol–water partition coefficient (Wildman–Crippen LogP) is 1.42. The lowest BCUT2D eigenvalue weighted by atomic mass is 10.1. The van der Waals surface area contributed by atoms with Crippen LogP contribution in [0.4, 0.5) is 0 Å². The molecule has 25 heavy (non-hydrogen) atoms. The molecular formula is C18H14N4O3. The summed E-state index contributed by atoms with van der Waals surface area (Å²) in [7, 11) is 0. The van der Waals surface area contributed by atoms with E-state index in [1.807, 2.05) is 6.07 Å². The van der Waals surface area contributed by atoms with E-state index in [4.69, 9.17) is 0 Å². The number of hydrogen-bond donors (Lipinski definition) is 2. The van der Waals surface area contributed by atoms with Crippen LogP contribution in [0.2, 0.25) is 0 Å². The average molecular weight is 334 g/mol. The van der Waals surface area contributed by atoms with Gasteiger partial charge in [-0.1, -0.05) is 12.1 Å². The summed E-state index contributed by atoms with van der Waals surface area (Å²) >= 11 is 0. The number of benzene rings is 1. The quantitative estimate of drug-likeness (QED) is 0.559. The van der Waals surface area contributed by atoms with E-state index in [1.165, 1.54) is 10.8 Å². The van der Waals surface area contributed by atoms with Crippen LogP contribution < -0.4 is 11.0 Å². The summed E-state index contributed by atoms with van der Waals surface area (Å²) in [5, 5.41) is 14.8. The monoisotopic (exact) mass is 334 g/mol. The highest BCUT2D eigenvalue weighted by molar-refractivity contribution is 6.03. The van der Waals surface area contributed by atoms with Crippen molar-refractivity contribution in [1.82, 2.24) is 15.0 Å². The van der Waals surface area contributed by atoms with Crippen molar-refractivity contribution in [1.29, 1.82) is 0 Å². The average Bonchev–Trinajstić information content (AvgIpc) is 3.06. The van der Waals surface area contributed by atoms with Gasteiger partial charge in [-0.15, -0.1) is 0 Å². The van der Waals surface area contributed by atoms with Gasteiger partial charge in [0, 0.05) is 24.3 Å². The summed E-state index contributed by atoms with van der Waals surface area (Å²) in [4.78, 5) is 28.9. The zero-order valence-corrected chi connectivity index (χ0v) is 13.1. The number of carbonyl (C=O) groups is 1. The molecule has 124 valence electrons. The zero-order valence-electron chi connectivity index (χ0n) is 13.1. The molecule has 1 aliphatic heterocycles. The molecule has 2 N–H and O–H groups in total. The zero-order chi connectivity index (χ0) is 17.4. The maximum Gasteiger partial charge on any atom is 0.280 e. The smallest absolute Gasteiger partial charge is 0.280 e. The SMILES string of the molecule is O=C(N/N=C\c1ccncc1)c1c(O)c2cccc3c2n(c1=O)CC3. The van der Waals surface area contributed by atoms with Crippen LogP contribution in [-0.2, 0) is 13.0 Å². The minimum absolute atomic E-state index is 0.293. The number of amides is 1. The lowest BCUT2D eigenvalue weighted by Crippen LogP contribution is -2.30. The van der Waals surface area contributed by atoms with Crippen LogP contribution >= 0.6 is 0 Å². The van der Waals surface area contributed by atoms with E-state index in [1.54, 1.807) is 36.7 Å². The van der Waals surface area contributed by atoms with E-state index in [0.29, 0.717) is 23.9 Å². The summed E-state index contributed by atoms with van der Waals surface area (Å²) in [6.45, 7) is 0.496. The van der Waals surface area contributed by atoms with Gasteiger partial charge in [0.2, 0.25) is 0 Å². The molecular weight excluding hydrogens is 320 g/mol. The first kappa shape index (κ1) is 15.1. The van der Waals surface area contributed by atoms with E-state index in [-0.39, 0.29) is 11.3 Å². The highest BCUT2D eigenvalue weighted by atomic mass is 16.3. The van der Waals surface area contributed by atoms with Crippen molar-refractivity contribution in [2.45, 2.75) is 13.0 Å². The lowest BCUT2D eigenvalue weighted by molar-refractivity contribution is 0.0950. The molecule has 0 spiro atoms. The third kappa shape index (κ3) is 2.46. The molecule has 0 bridgehead atoms. The van der Waals surface area contributed by atoms with Gasteiger partial charge in [-0.2, -0.15) is 5.10 Å². The van der Waals surface area contributed by atoms with Crippen molar-refractivity contribution in [2.75, 3.05) is 0 Å². The minimum atomic E-state index is -0.740. The number of hydrazone groups is 1. The fraction of sp³-hybridized carbons (Fsp3) is 0.111. The summed E-state index contributed by atoms with van der Waals surface area (Å²) in [5.74, 6) is -1.05. The minimum Gasteiger partial charge on any atom is -0.506 e. The van der Waals surface area contributed by atoms with E-state index < -0.39 is 11.5 Å². The Kier molecular flexibility index (Phi) is 3.53. The number of nitrogens with zero attached hydrogens (tertiary/aromatic N) is 3. The Bertz CT molecular complexity index is 1070. The van der Waals surface area contributed by atoms with Crippen molar-refractivity contribution in [3.63, 3.8) is 0 Å². The van der Waals surface area contributed by atoms with Crippen LogP contribution in [0.1, 0.15) is 21.5 Å². The second-order valence-corrected chi connectivity index (χ2v) is 5.72. The fourth-order valence-electron chi connectivity index (χ4n) is 3.10. The van der Waals surface area contributed by atoms with Crippen LogP contribution in [0, 0.1) is 0 Å². The molecule has 0 radical (unpaired) electrons. The second kappa shape index (κ2) is 5.86. The Hall–Kier alpha value is -3.48. The number of hydrogen-bond acceptors (Lipinski definition) is 5. The highest BCUT2D eigenvalue weighted by Crippen LogP contribution is 2.31. The third-order valence-electron chi connectivity index (χ3n) is 4.26. The first-order valence-corrected chi connectivity index (χ1v) is 7.77. The summed E-state index contributed by atoms with van der Waals surface area (Å²) in [6, 6.07) is 8.87. The standard InChI is InChI=1S/C18H14N4O3/c23-16-13-3-1-2-12-6-9-22(15(12)13)18(25)14(16)17(24)21-20-10-11-4-7-19-8-5-11/h1-5,7-8,10,23H,6,9H2,(H,21,24)/b20-10-. The van der Waals surface area contributed by atoms with Gasteiger partial charge in [0.25, 0.3) is 11.5 Å². The van der Waals surface area contributed by atoms with Gasteiger partial charge in [0.1, 0.15) is 11.3 Å². The fourth-order valence-corrected chi connectivity index (χ4v) is 3.10. The molecule has 0 aliphatic carbocycles. The van der Waals surface area contributed by atoms with Crippen molar-refractivity contribution in [2.24, 2.45) is 5.10 Å². The number of aryl methyl sites for hydroxylation is 2. The Morgan fingerprint density at radius 1 is 1.28 bits per heavy atom. The van der Waals surface area contributed by atoms with E-state index >= 15 is 0 Å². The molecule has 4 rings (SSSR count). The van der Waals surface area contributed by atoms with Crippen LogP contribution in [0.15, 0.2) is 52.6 Å². The molecule has 2 aromatic heterocycles. The maximum atomic E-state index is 12.6. The van der Waals surface area contributed by atoms with Gasteiger partial charge in [0.15, 0.2) is 0 Å². The van der Waals surface area contributed by atoms with Gasteiger partial charge >= 0.3 is 0 Å². The molecule has 0 saturated carbocycles. The number of carbonyl (C=O) groups excluding carboxylic acids is 1. The first-order chi connectivity index (χ1) is 12.2. The van der Waals surface area contributed by atoms with E-state index in [9.17, 15) is 14.7 Å². The predicted molar refractivity (Wildman–Crippen MR) is 92.9 cm³/mol. The molecule has 0 fully saturated rings. The highest BCUT2D eigenvalue weighted by Gasteiger charge is 2.25. The van der Waals surface area contributed by atoms with Crippen molar-refractivity contribution < 1.29 is 9.90 Å². The van der Waals surface area contributed by atoms with E-state index in [0.717, 1.165) is 11.1 Å². The molecule has 3 heterocycles. The molecule has 7 heteroatoms. The Morgan fingerprint density at radius 2 is 2.08 bits per heavy atom. The van der Waals surface area contributed by atoms with Crippen LogP contribution in [0.5, 0.6) is 5.75 Å². The Balaban J connectivity index is 1.72. The van der Waals surface area contributed by atoms with Crippen LogP contribution in [0.3, 0.4) is 0 Å². The normalized spacial score (nSPS) is 12.8. The van der Waals surface area contributed by atoms with Gasteiger partial charge in [0.05, 0.1) is 11.7 Å². The number of rotatable bonds is 3. The number of aromatic nitrogens is 2. The molecule has 0 unspecified atom stereocenters. The van der Waals surface area contributed by atoms with Gasteiger partial charge in [-0.25, -0.2) is 5.43 Å². The third-order valence-corrected chi connectivity index (χ3v) is 4.26. The molecule has 3 aromatic rings. The molecule has 7 nitrogen and oxygen atoms in total. The summed E-state index contributed by atoms with van der Waals surface area (Å²) in [6.07, 6.45) is 5.35. The van der Waals surface area contributed by atoms with Crippen LogP contribution in [-0.4, -0.2) is 26.8 Å². The number of para-hydroxylation sites is 1. The molecule has 1 aliphatic rings. The Morgan fingerprint density at radius 3 is 2.88 bits per heavy atom. The number of pyridine rings is 2. The molecule has 0 saturated heterocycles. The lowest BCUT2D eigenvalue weighted by Gasteiger charge is -2.10. The maximum absolute atomic E-state index is 12.6. The molecule has 0 atom stereocenters. The van der Waals surface area contributed by atoms with Crippen molar-refractivity contribution in [3.05, 3.63) is 69.8 Å². The van der Waals surface area contributed by atoms with Crippen molar-refractivity contribution in [3.8, 4) is 5.75 Å². The van der Waals surface area contributed by atoms with Crippen molar-refractivity contribution >= 4 is 23.0 Å². The summed E-state index contributed by atoms with van der Waals surface area (Å²) in [5.41, 5.74) is 3.94. The Labute approximate surface area is 142 Å². The van der Waals surface area contributed by atoms with Gasteiger partial charge in [-0.05, 0) is 35.7 Å². The van der Waals surface area contributed by atoms with Crippen LogP contribution in [0.25, 0.3) is 10.9 Å². The molecule has 1 amide bonds. The van der Waals surface area contributed by atoms with E-state index in [2.05, 4.69) is 15.5 Å².